The molecule has 0 radical (unpaired) electrons. The molecule has 2 heterocycles. The van der Waals surface area contributed by atoms with E-state index in [9.17, 15) is 30.4 Å². The first kappa shape index (κ1) is 32.0. The summed E-state index contributed by atoms with van der Waals surface area (Å²) in [6.07, 6.45) is 1.45. The maximum absolute atomic E-state index is 13.9. The third-order valence-corrected chi connectivity index (χ3v) is 13.3. The topological polar surface area (TPSA) is 110 Å². The quantitative estimate of drug-likeness (QED) is 0.314. The molecule has 1 aliphatic carbocycles. The maximum atomic E-state index is 13.9. The number of hydrogen-bond acceptors (Lipinski definition) is 7. The fraction of sp³-hybridized carbons (Fsp3) is 0.548. The molecule has 7 nitrogen and oxygen atoms in total. The minimum atomic E-state index is -3.61. The number of alkyl halides is 2. The Morgan fingerprint density at radius 3 is 2.28 bits per heavy atom. The van der Waals surface area contributed by atoms with Crippen LogP contribution in [0.25, 0.3) is 21.2 Å². The number of nitrogens with zero attached hydrogens (tertiary/aromatic N) is 1. The molecule has 43 heavy (non-hydrogen) atoms. The monoisotopic (exact) mass is 652 g/mol. The van der Waals surface area contributed by atoms with Crippen LogP contribution in [0.2, 0.25) is 0 Å². The lowest BCUT2D eigenvalue weighted by atomic mass is 9.83. The van der Waals surface area contributed by atoms with Gasteiger partial charge in [-0.15, -0.1) is 11.3 Å². The molecule has 1 saturated carbocycles. The molecule has 1 amide bonds. The number of aromatic nitrogens is 1. The number of sulfone groups is 2. The van der Waals surface area contributed by atoms with Crippen molar-refractivity contribution in [1.29, 1.82) is 0 Å². The van der Waals surface area contributed by atoms with E-state index < -0.39 is 36.9 Å². The highest BCUT2D eigenvalue weighted by molar-refractivity contribution is 7.91. The summed E-state index contributed by atoms with van der Waals surface area (Å²) in [5.41, 5.74) is 0.930. The van der Waals surface area contributed by atoms with Gasteiger partial charge in [0.25, 0.3) is 5.91 Å². The molecule has 0 atom stereocenters. The van der Waals surface area contributed by atoms with Crippen molar-refractivity contribution in [1.82, 2.24) is 10.3 Å². The van der Waals surface area contributed by atoms with Gasteiger partial charge in [-0.3, -0.25) is 4.79 Å². The normalized spacial score (nSPS) is 19.8. The van der Waals surface area contributed by atoms with Gasteiger partial charge in [0.1, 0.15) is 9.84 Å². The fourth-order valence-corrected chi connectivity index (χ4v) is 10.7. The second-order valence-corrected chi connectivity index (χ2v) is 18.4. The summed E-state index contributed by atoms with van der Waals surface area (Å²) < 4.78 is 78.4. The standard InChI is InChI=1S/C31H38F2N2O5S3/c1-30(2,3)19-43(39,40)26-9-8-24(22-6-4-5-7-23(22)26)27-25(18-20-10-14-31(32,33)15-11-20)35-29(41-27)28(36)34-21-12-16-42(37,38)17-13-21/h4-9,20-21H,10-19H2,1-3H3,(H,34,36). The first-order chi connectivity index (χ1) is 20.0. The lowest BCUT2D eigenvalue weighted by Crippen LogP contribution is -2.40. The molecule has 0 spiro atoms. The van der Waals surface area contributed by atoms with Gasteiger partial charge >= 0.3 is 0 Å². The number of rotatable bonds is 7. The number of carbonyl (C=O) groups excluding carboxylic acids is 1. The summed E-state index contributed by atoms with van der Waals surface area (Å²) in [5, 5.41) is 4.44. The van der Waals surface area contributed by atoms with Crippen LogP contribution >= 0.6 is 11.3 Å². The average molecular weight is 653 g/mol. The predicted octanol–water partition coefficient (Wildman–Crippen LogP) is 6.46. The molecular formula is C31H38F2N2O5S3. The van der Waals surface area contributed by atoms with E-state index >= 15 is 0 Å². The van der Waals surface area contributed by atoms with E-state index in [0.29, 0.717) is 53.4 Å². The van der Waals surface area contributed by atoms with Crippen molar-refractivity contribution in [2.75, 3.05) is 17.3 Å². The highest BCUT2D eigenvalue weighted by atomic mass is 32.2. The molecular weight excluding hydrogens is 615 g/mol. The Balaban J connectivity index is 1.53. The summed E-state index contributed by atoms with van der Waals surface area (Å²) in [4.78, 5) is 19.0. The SMILES string of the molecule is CC(C)(C)CS(=O)(=O)c1ccc(-c2sc(C(=O)NC3CCS(=O)(=O)CC3)nc2CC2CCC(F)(F)CC2)c2ccccc12. The van der Waals surface area contributed by atoms with E-state index in [1.54, 1.807) is 24.3 Å². The van der Waals surface area contributed by atoms with E-state index in [4.69, 9.17) is 4.98 Å². The van der Waals surface area contributed by atoms with Gasteiger partial charge in [-0.25, -0.2) is 30.6 Å². The third kappa shape index (κ3) is 7.62. The fourth-order valence-electron chi connectivity index (χ4n) is 6.05. The number of thiazole rings is 1. The summed E-state index contributed by atoms with van der Waals surface area (Å²) >= 11 is 1.20. The second-order valence-electron chi connectivity index (χ2n) is 13.2. The molecule has 3 aromatic rings. The van der Waals surface area contributed by atoms with Crippen LogP contribution in [-0.2, 0) is 26.1 Å². The van der Waals surface area contributed by atoms with Crippen LogP contribution in [0.1, 0.15) is 74.8 Å². The molecule has 0 unspecified atom stereocenters. The van der Waals surface area contributed by atoms with Crippen LogP contribution in [0.3, 0.4) is 0 Å². The van der Waals surface area contributed by atoms with Crippen molar-refractivity contribution >= 4 is 47.7 Å². The summed E-state index contributed by atoms with van der Waals surface area (Å²) in [6.45, 7) is 5.64. The molecule has 1 aromatic heterocycles. The first-order valence-electron chi connectivity index (χ1n) is 14.7. The predicted molar refractivity (Wildman–Crippen MR) is 166 cm³/mol. The Kier molecular flexibility index (Phi) is 8.78. The molecule has 12 heteroatoms. The second kappa shape index (κ2) is 11.8. The van der Waals surface area contributed by atoms with Crippen LogP contribution in [0, 0.1) is 11.3 Å². The van der Waals surface area contributed by atoms with Gasteiger partial charge in [-0.1, -0.05) is 51.1 Å². The number of benzene rings is 2. The van der Waals surface area contributed by atoms with Crippen molar-refractivity contribution in [2.24, 2.45) is 11.3 Å². The number of amides is 1. The molecule has 234 valence electrons. The Bertz CT molecular complexity index is 1720. The lowest BCUT2D eigenvalue weighted by Gasteiger charge is -2.28. The summed E-state index contributed by atoms with van der Waals surface area (Å²) in [5.74, 6) is -3.05. The van der Waals surface area contributed by atoms with Crippen molar-refractivity contribution in [3.63, 3.8) is 0 Å². The van der Waals surface area contributed by atoms with Gasteiger partial charge in [-0.05, 0) is 54.9 Å². The Labute approximate surface area is 256 Å². The van der Waals surface area contributed by atoms with Crippen molar-refractivity contribution in [3.8, 4) is 10.4 Å². The molecule has 2 aliphatic rings. The zero-order chi connectivity index (χ0) is 31.2. The van der Waals surface area contributed by atoms with Crippen LogP contribution in [0.4, 0.5) is 8.78 Å². The maximum Gasteiger partial charge on any atom is 0.280 e. The van der Waals surface area contributed by atoms with E-state index in [2.05, 4.69) is 5.32 Å². The highest BCUT2D eigenvalue weighted by Gasteiger charge is 2.36. The van der Waals surface area contributed by atoms with Crippen molar-refractivity contribution in [3.05, 3.63) is 47.1 Å². The van der Waals surface area contributed by atoms with E-state index in [1.807, 2.05) is 32.9 Å². The number of fused-ring (bicyclic) bond motifs is 1. The number of nitrogens with one attached hydrogen (secondary N) is 1. The molecule has 1 aliphatic heterocycles. The third-order valence-electron chi connectivity index (χ3n) is 8.19. The van der Waals surface area contributed by atoms with Gasteiger partial charge in [0, 0.05) is 29.8 Å². The molecule has 0 bridgehead atoms. The van der Waals surface area contributed by atoms with Gasteiger partial charge in [0.2, 0.25) is 5.92 Å². The smallest absolute Gasteiger partial charge is 0.280 e. The Hall–Kier alpha value is -2.44. The van der Waals surface area contributed by atoms with Gasteiger partial charge < -0.3 is 5.32 Å². The van der Waals surface area contributed by atoms with Gasteiger partial charge in [-0.2, -0.15) is 0 Å². The van der Waals surface area contributed by atoms with Gasteiger partial charge in [0.05, 0.1) is 32.7 Å². The minimum Gasteiger partial charge on any atom is -0.347 e. The molecule has 2 aromatic carbocycles. The van der Waals surface area contributed by atoms with Crippen LogP contribution < -0.4 is 5.32 Å². The number of carbonyl (C=O) groups is 1. The minimum absolute atomic E-state index is 0.0161. The largest absolute Gasteiger partial charge is 0.347 e. The van der Waals surface area contributed by atoms with Crippen LogP contribution in [0.5, 0.6) is 0 Å². The molecule has 5 rings (SSSR count). The van der Waals surface area contributed by atoms with Crippen molar-refractivity contribution < 1.29 is 30.4 Å². The van der Waals surface area contributed by atoms with Crippen LogP contribution in [0.15, 0.2) is 41.3 Å². The first-order valence-corrected chi connectivity index (χ1v) is 18.9. The summed E-state index contributed by atoms with van der Waals surface area (Å²) in [6, 6.07) is 10.4. The molecule has 1 saturated heterocycles. The number of halogens is 2. The number of hydrogen-bond donors (Lipinski definition) is 1. The van der Waals surface area contributed by atoms with Crippen molar-refractivity contribution in [2.45, 2.75) is 82.6 Å². The molecule has 2 fully saturated rings. The lowest BCUT2D eigenvalue weighted by molar-refractivity contribution is -0.0457. The summed E-state index contributed by atoms with van der Waals surface area (Å²) in [7, 11) is -6.70. The zero-order valence-corrected chi connectivity index (χ0v) is 27.1. The molecule has 1 N–H and O–H groups in total. The Morgan fingerprint density at radius 2 is 1.65 bits per heavy atom. The van der Waals surface area contributed by atoms with Gasteiger partial charge in [0.15, 0.2) is 14.8 Å². The van der Waals surface area contributed by atoms with E-state index in [0.717, 1.165) is 5.56 Å². The zero-order valence-electron chi connectivity index (χ0n) is 24.7. The van der Waals surface area contributed by atoms with Crippen LogP contribution in [-0.4, -0.2) is 56.9 Å². The average Bonchev–Trinajstić information content (AvgIpc) is 3.32. The van der Waals surface area contributed by atoms with E-state index in [1.165, 1.54) is 11.3 Å². The Morgan fingerprint density at radius 1 is 1.02 bits per heavy atom. The van der Waals surface area contributed by atoms with E-state index in [-0.39, 0.29) is 52.0 Å². The highest BCUT2D eigenvalue weighted by Crippen LogP contribution is 2.42.